The Hall–Kier alpha value is -2.56. The smallest absolute Gasteiger partial charge is 0.337 e. The van der Waals surface area contributed by atoms with Gasteiger partial charge in [0.25, 0.3) is 0 Å². The van der Waals surface area contributed by atoms with Gasteiger partial charge in [-0.05, 0) is 24.3 Å². The molecular formula is C14H12FNO3. The molecule has 0 aliphatic heterocycles. The maximum absolute atomic E-state index is 13.4. The fraction of sp³-hybridized carbons (Fsp3) is 0.0714. The van der Waals surface area contributed by atoms with Gasteiger partial charge in [-0.3, -0.25) is 0 Å². The number of benzene rings is 2. The van der Waals surface area contributed by atoms with Gasteiger partial charge in [0.05, 0.1) is 5.56 Å². The number of nitrogen functional groups attached to an aromatic ring is 1. The van der Waals surface area contributed by atoms with Crippen LogP contribution in [0.2, 0.25) is 0 Å². The van der Waals surface area contributed by atoms with Gasteiger partial charge in [0, 0.05) is 11.3 Å². The fourth-order valence-electron chi connectivity index (χ4n) is 1.59. The molecule has 5 heteroatoms. The molecule has 2 rings (SSSR count). The molecule has 3 N–H and O–H groups in total. The molecular weight excluding hydrogens is 249 g/mol. The van der Waals surface area contributed by atoms with E-state index in [9.17, 15) is 9.18 Å². The van der Waals surface area contributed by atoms with E-state index in [1.807, 2.05) is 0 Å². The number of carbonyl (C=O) groups is 1. The number of carboxylic acids is 1. The highest BCUT2D eigenvalue weighted by Gasteiger charge is 2.09. The van der Waals surface area contributed by atoms with Crippen molar-refractivity contribution in [2.75, 3.05) is 5.73 Å². The highest BCUT2D eigenvalue weighted by Crippen LogP contribution is 2.21. The summed E-state index contributed by atoms with van der Waals surface area (Å²) in [4.78, 5) is 10.9. The van der Waals surface area contributed by atoms with Crippen LogP contribution < -0.4 is 10.5 Å². The van der Waals surface area contributed by atoms with Crippen LogP contribution in [0.1, 0.15) is 15.9 Å². The van der Waals surface area contributed by atoms with E-state index in [4.69, 9.17) is 15.6 Å². The summed E-state index contributed by atoms with van der Waals surface area (Å²) in [5.41, 5.74) is 6.05. The van der Waals surface area contributed by atoms with Crippen molar-refractivity contribution in [2.24, 2.45) is 0 Å². The second kappa shape index (κ2) is 5.39. The molecule has 0 aliphatic carbocycles. The number of rotatable bonds is 4. The molecule has 2 aromatic rings. The van der Waals surface area contributed by atoms with Crippen molar-refractivity contribution in [1.82, 2.24) is 0 Å². The molecule has 0 saturated heterocycles. The zero-order valence-electron chi connectivity index (χ0n) is 9.97. The van der Waals surface area contributed by atoms with E-state index >= 15 is 0 Å². The summed E-state index contributed by atoms with van der Waals surface area (Å²) in [5.74, 6) is -1.17. The summed E-state index contributed by atoms with van der Waals surface area (Å²) in [6, 6.07) is 10.5. The van der Waals surface area contributed by atoms with Crippen LogP contribution in [0.5, 0.6) is 5.75 Å². The number of hydrogen-bond donors (Lipinski definition) is 2. The molecule has 98 valence electrons. The molecule has 4 nitrogen and oxygen atoms in total. The molecule has 0 heterocycles. The summed E-state index contributed by atoms with van der Waals surface area (Å²) >= 11 is 0. The first kappa shape index (κ1) is 12.9. The Kier molecular flexibility index (Phi) is 3.66. The third kappa shape index (κ3) is 3.01. The maximum Gasteiger partial charge on any atom is 0.337 e. The van der Waals surface area contributed by atoms with Crippen molar-refractivity contribution in [3.8, 4) is 5.75 Å². The normalized spacial score (nSPS) is 10.2. The lowest BCUT2D eigenvalue weighted by molar-refractivity contribution is 0.0697. The van der Waals surface area contributed by atoms with Gasteiger partial charge in [-0.25, -0.2) is 9.18 Å². The number of ether oxygens (including phenoxy) is 1. The number of hydrogen-bond acceptors (Lipinski definition) is 3. The minimum Gasteiger partial charge on any atom is -0.489 e. The maximum atomic E-state index is 13.4. The monoisotopic (exact) mass is 261 g/mol. The van der Waals surface area contributed by atoms with E-state index in [0.717, 1.165) is 0 Å². The molecule has 0 spiro atoms. The van der Waals surface area contributed by atoms with Gasteiger partial charge in [0.2, 0.25) is 0 Å². The molecule has 0 saturated carbocycles. The molecule has 0 bridgehead atoms. The number of halogens is 1. The molecule has 0 atom stereocenters. The van der Waals surface area contributed by atoms with Gasteiger partial charge < -0.3 is 15.6 Å². The lowest BCUT2D eigenvalue weighted by Gasteiger charge is -2.09. The lowest BCUT2D eigenvalue weighted by atomic mass is 10.1. The Morgan fingerprint density at radius 1 is 1.26 bits per heavy atom. The minimum atomic E-state index is -1.13. The summed E-state index contributed by atoms with van der Waals surface area (Å²) in [5, 5.41) is 8.92. The van der Waals surface area contributed by atoms with Crippen LogP contribution in [-0.2, 0) is 6.61 Å². The largest absolute Gasteiger partial charge is 0.489 e. The molecule has 0 aromatic heterocycles. The van der Waals surface area contributed by atoms with Gasteiger partial charge in [-0.15, -0.1) is 0 Å². The summed E-state index contributed by atoms with van der Waals surface area (Å²) in [6.45, 7) is 0.0235. The van der Waals surface area contributed by atoms with Crippen LogP contribution >= 0.6 is 0 Å². The molecule has 0 fully saturated rings. The van der Waals surface area contributed by atoms with Crippen LogP contribution in [-0.4, -0.2) is 11.1 Å². The van der Waals surface area contributed by atoms with Crippen molar-refractivity contribution in [3.05, 3.63) is 59.4 Å². The second-order valence-electron chi connectivity index (χ2n) is 3.93. The Morgan fingerprint density at radius 3 is 2.68 bits per heavy atom. The van der Waals surface area contributed by atoms with Crippen molar-refractivity contribution < 1.29 is 19.0 Å². The molecule has 0 unspecified atom stereocenters. The number of aromatic carboxylic acids is 1. The lowest BCUT2D eigenvalue weighted by Crippen LogP contribution is -2.04. The zero-order chi connectivity index (χ0) is 13.8. The van der Waals surface area contributed by atoms with E-state index in [0.29, 0.717) is 11.3 Å². The third-order valence-corrected chi connectivity index (χ3v) is 2.61. The van der Waals surface area contributed by atoms with Crippen LogP contribution in [0.4, 0.5) is 10.1 Å². The molecule has 19 heavy (non-hydrogen) atoms. The minimum absolute atomic E-state index is 0.0235. The average Bonchev–Trinajstić information content (AvgIpc) is 2.39. The van der Waals surface area contributed by atoms with Crippen molar-refractivity contribution in [3.63, 3.8) is 0 Å². The summed E-state index contributed by atoms with van der Waals surface area (Å²) < 4.78 is 18.7. The highest BCUT2D eigenvalue weighted by atomic mass is 19.1. The van der Waals surface area contributed by atoms with Crippen LogP contribution in [0.3, 0.4) is 0 Å². The van der Waals surface area contributed by atoms with Crippen molar-refractivity contribution >= 4 is 11.7 Å². The second-order valence-corrected chi connectivity index (χ2v) is 3.93. The first-order chi connectivity index (χ1) is 9.08. The van der Waals surface area contributed by atoms with Crippen LogP contribution in [0.25, 0.3) is 0 Å². The number of anilines is 1. The Labute approximate surface area is 109 Å². The fourth-order valence-corrected chi connectivity index (χ4v) is 1.59. The predicted molar refractivity (Wildman–Crippen MR) is 68.5 cm³/mol. The van der Waals surface area contributed by atoms with E-state index in [1.54, 1.807) is 24.3 Å². The standard InChI is InChI=1S/C14H12FNO3/c15-12-4-2-1-3-9(12)8-19-10-5-6-13(16)11(7-10)14(17)18/h1-7H,8,16H2,(H,17,18). The Morgan fingerprint density at radius 2 is 2.00 bits per heavy atom. The molecule has 0 radical (unpaired) electrons. The number of nitrogens with two attached hydrogens (primary N) is 1. The number of carboxylic acid groups (broad SMARTS) is 1. The summed E-state index contributed by atoms with van der Waals surface area (Å²) in [6.07, 6.45) is 0. The molecule has 0 amide bonds. The Bertz CT molecular complexity index is 613. The Balaban J connectivity index is 2.14. The zero-order valence-corrected chi connectivity index (χ0v) is 9.97. The first-order valence-corrected chi connectivity index (χ1v) is 5.57. The van der Waals surface area contributed by atoms with Crippen LogP contribution in [0, 0.1) is 5.82 Å². The SMILES string of the molecule is Nc1ccc(OCc2ccccc2F)cc1C(=O)O. The van der Waals surface area contributed by atoms with E-state index < -0.39 is 5.97 Å². The average molecular weight is 261 g/mol. The van der Waals surface area contributed by atoms with E-state index in [1.165, 1.54) is 18.2 Å². The first-order valence-electron chi connectivity index (χ1n) is 5.57. The van der Waals surface area contributed by atoms with E-state index in [-0.39, 0.29) is 23.7 Å². The summed E-state index contributed by atoms with van der Waals surface area (Å²) in [7, 11) is 0. The highest BCUT2D eigenvalue weighted by molar-refractivity contribution is 5.94. The van der Waals surface area contributed by atoms with Crippen molar-refractivity contribution in [1.29, 1.82) is 0 Å². The van der Waals surface area contributed by atoms with Gasteiger partial charge in [-0.1, -0.05) is 18.2 Å². The van der Waals surface area contributed by atoms with Gasteiger partial charge in [-0.2, -0.15) is 0 Å². The van der Waals surface area contributed by atoms with Gasteiger partial charge >= 0.3 is 5.97 Å². The molecule has 0 aliphatic rings. The predicted octanol–water partition coefficient (Wildman–Crippen LogP) is 2.69. The quantitative estimate of drug-likeness (QED) is 0.830. The molecule has 2 aromatic carbocycles. The van der Waals surface area contributed by atoms with Gasteiger partial charge in [0.1, 0.15) is 18.2 Å². The van der Waals surface area contributed by atoms with Crippen molar-refractivity contribution in [2.45, 2.75) is 6.61 Å². The van der Waals surface area contributed by atoms with Gasteiger partial charge in [0.15, 0.2) is 0 Å². The topological polar surface area (TPSA) is 72.5 Å². The van der Waals surface area contributed by atoms with E-state index in [2.05, 4.69) is 0 Å². The van der Waals surface area contributed by atoms with Crippen LogP contribution in [0.15, 0.2) is 42.5 Å². The third-order valence-electron chi connectivity index (χ3n) is 2.61.